The van der Waals surface area contributed by atoms with Gasteiger partial charge in [-0.3, -0.25) is 4.79 Å². The van der Waals surface area contributed by atoms with E-state index in [-0.39, 0.29) is 11.6 Å². The van der Waals surface area contributed by atoms with Gasteiger partial charge >= 0.3 is 0 Å². The number of nitrogens with two attached hydrogens (primary N) is 1. The number of pyridine rings is 1. The van der Waals surface area contributed by atoms with Gasteiger partial charge < -0.3 is 10.3 Å². The molecule has 1 rings (SSSR count). The molecule has 78 valence electrons. The smallest absolute Gasteiger partial charge is 0.251 e. The summed E-state index contributed by atoms with van der Waals surface area (Å²) in [5, 5.41) is 0. The molecular weight excluding hydrogens is 176 g/mol. The van der Waals surface area contributed by atoms with Crippen molar-refractivity contribution in [3.05, 3.63) is 33.2 Å². The number of hydrogen-bond acceptors (Lipinski definition) is 2. The van der Waals surface area contributed by atoms with Crippen LogP contribution < -0.4 is 11.3 Å². The van der Waals surface area contributed by atoms with Crippen molar-refractivity contribution < 1.29 is 0 Å². The Morgan fingerprint density at radius 3 is 2.43 bits per heavy atom. The predicted molar refractivity (Wildman–Crippen MR) is 58.5 cm³/mol. The third-order valence-corrected chi connectivity index (χ3v) is 2.57. The third kappa shape index (κ3) is 1.73. The van der Waals surface area contributed by atoms with Crippen LogP contribution in [-0.2, 0) is 6.54 Å². The minimum Gasteiger partial charge on any atom is -0.326 e. The summed E-state index contributed by atoms with van der Waals surface area (Å²) in [5.41, 5.74) is 8.78. The largest absolute Gasteiger partial charge is 0.326 e. The first-order chi connectivity index (χ1) is 6.49. The van der Waals surface area contributed by atoms with Gasteiger partial charge in [0.1, 0.15) is 0 Å². The Morgan fingerprint density at radius 2 is 2.00 bits per heavy atom. The summed E-state index contributed by atoms with van der Waals surface area (Å²) < 4.78 is 1.79. The highest BCUT2D eigenvalue weighted by Gasteiger charge is 2.10. The fourth-order valence-corrected chi connectivity index (χ4v) is 1.89. The zero-order valence-corrected chi connectivity index (χ0v) is 9.29. The van der Waals surface area contributed by atoms with Crippen molar-refractivity contribution in [1.29, 1.82) is 0 Å². The zero-order chi connectivity index (χ0) is 10.9. The van der Waals surface area contributed by atoms with Crippen LogP contribution in [0.5, 0.6) is 0 Å². The van der Waals surface area contributed by atoms with Gasteiger partial charge in [-0.15, -0.1) is 0 Å². The lowest BCUT2D eigenvalue weighted by atomic mass is 10.1. The molecule has 3 nitrogen and oxygen atoms in total. The first-order valence-electron chi connectivity index (χ1n) is 4.90. The molecule has 0 aromatic carbocycles. The fourth-order valence-electron chi connectivity index (χ4n) is 1.89. The van der Waals surface area contributed by atoms with Crippen molar-refractivity contribution in [2.45, 2.75) is 40.3 Å². The zero-order valence-electron chi connectivity index (χ0n) is 9.29. The van der Waals surface area contributed by atoms with Crippen LogP contribution in [-0.4, -0.2) is 4.57 Å². The van der Waals surface area contributed by atoms with E-state index in [1.54, 1.807) is 10.6 Å². The topological polar surface area (TPSA) is 48.0 Å². The monoisotopic (exact) mass is 194 g/mol. The van der Waals surface area contributed by atoms with Crippen LogP contribution in [0.1, 0.15) is 36.7 Å². The fraction of sp³-hybridized carbons (Fsp3) is 0.545. The average molecular weight is 194 g/mol. The lowest BCUT2D eigenvalue weighted by Crippen LogP contribution is -2.26. The Morgan fingerprint density at radius 1 is 1.43 bits per heavy atom. The van der Waals surface area contributed by atoms with Crippen LogP contribution in [0.2, 0.25) is 0 Å². The van der Waals surface area contributed by atoms with Crippen LogP contribution in [0.25, 0.3) is 0 Å². The Hall–Kier alpha value is -1.09. The van der Waals surface area contributed by atoms with Crippen molar-refractivity contribution in [2.24, 2.45) is 5.73 Å². The normalized spacial score (nSPS) is 11.0. The van der Waals surface area contributed by atoms with Gasteiger partial charge in [0, 0.05) is 24.3 Å². The lowest BCUT2D eigenvalue weighted by Gasteiger charge is -2.18. The third-order valence-electron chi connectivity index (χ3n) is 2.57. The number of rotatable bonds is 2. The highest BCUT2D eigenvalue weighted by molar-refractivity contribution is 5.29. The minimum atomic E-state index is 0.0622. The summed E-state index contributed by atoms with van der Waals surface area (Å²) in [6.45, 7) is 8.39. The Balaban J connectivity index is 3.52. The van der Waals surface area contributed by atoms with Crippen molar-refractivity contribution in [3.63, 3.8) is 0 Å². The van der Waals surface area contributed by atoms with Crippen molar-refractivity contribution in [2.75, 3.05) is 0 Å². The first kappa shape index (κ1) is 11.0. The average Bonchev–Trinajstić information content (AvgIpc) is 2.02. The number of aryl methyl sites for hydroxylation is 1. The molecule has 0 fully saturated rings. The van der Waals surface area contributed by atoms with Gasteiger partial charge in [-0.25, -0.2) is 0 Å². The second kappa shape index (κ2) is 3.96. The molecule has 0 aliphatic carbocycles. The van der Waals surface area contributed by atoms with Gasteiger partial charge in [0.2, 0.25) is 0 Å². The van der Waals surface area contributed by atoms with E-state index < -0.39 is 0 Å². The summed E-state index contributed by atoms with van der Waals surface area (Å²) in [6, 6.07) is 1.85. The molecule has 0 radical (unpaired) electrons. The first-order valence-corrected chi connectivity index (χ1v) is 4.90. The quantitative estimate of drug-likeness (QED) is 0.775. The molecule has 0 unspecified atom stereocenters. The highest BCUT2D eigenvalue weighted by atomic mass is 16.1. The van der Waals surface area contributed by atoms with E-state index in [0.29, 0.717) is 6.54 Å². The van der Waals surface area contributed by atoms with E-state index in [2.05, 4.69) is 0 Å². The van der Waals surface area contributed by atoms with Gasteiger partial charge in [-0.2, -0.15) is 0 Å². The molecule has 14 heavy (non-hydrogen) atoms. The number of aromatic nitrogens is 1. The Labute approximate surface area is 84.6 Å². The maximum atomic E-state index is 11.7. The van der Waals surface area contributed by atoms with Crippen molar-refractivity contribution in [3.8, 4) is 0 Å². The van der Waals surface area contributed by atoms with Crippen LogP contribution in [0.15, 0.2) is 10.9 Å². The van der Waals surface area contributed by atoms with Gasteiger partial charge in [-0.05, 0) is 38.8 Å². The van der Waals surface area contributed by atoms with Gasteiger partial charge in [0.15, 0.2) is 0 Å². The molecule has 1 heterocycles. The summed E-state index contributed by atoms with van der Waals surface area (Å²) in [7, 11) is 0. The van der Waals surface area contributed by atoms with E-state index in [0.717, 1.165) is 16.8 Å². The highest BCUT2D eigenvalue weighted by Crippen LogP contribution is 2.13. The molecular formula is C11H18N2O. The maximum absolute atomic E-state index is 11.7. The second-order valence-electron chi connectivity index (χ2n) is 3.90. The molecule has 3 heteroatoms. The molecule has 0 spiro atoms. The lowest BCUT2D eigenvalue weighted by molar-refractivity contribution is 0.556. The van der Waals surface area contributed by atoms with E-state index >= 15 is 0 Å². The van der Waals surface area contributed by atoms with Gasteiger partial charge in [0.05, 0.1) is 0 Å². The molecule has 0 atom stereocenters. The summed E-state index contributed by atoms with van der Waals surface area (Å²) >= 11 is 0. The molecule has 0 saturated heterocycles. The summed E-state index contributed by atoms with van der Waals surface area (Å²) in [4.78, 5) is 11.7. The molecule has 1 aromatic heterocycles. The molecule has 1 aromatic rings. The molecule has 0 bridgehead atoms. The van der Waals surface area contributed by atoms with Gasteiger partial charge in [-0.1, -0.05) is 0 Å². The Kier molecular flexibility index (Phi) is 3.11. The van der Waals surface area contributed by atoms with E-state index in [9.17, 15) is 4.79 Å². The van der Waals surface area contributed by atoms with Crippen molar-refractivity contribution in [1.82, 2.24) is 4.57 Å². The van der Waals surface area contributed by atoms with Crippen LogP contribution in [0.3, 0.4) is 0 Å². The summed E-state index contributed by atoms with van der Waals surface area (Å²) in [6.07, 6.45) is 0. The maximum Gasteiger partial charge on any atom is 0.251 e. The predicted octanol–water partition coefficient (Wildman–Crippen LogP) is 1.50. The standard InChI is InChI=1S/C11H18N2O/c1-7(2)13-9(4)10(6-12)8(3)5-11(13)14/h5,7H,6,12H2,1-4H3. The molecule has 0 amide bonds. The van der Waals surface area contributed by atoms with Crippen LogP contribution in [0, 0.1) is 13.8 Å². The molecule has 0 aliphatic heterocycles. The molecule has 0 saturated carbocycles. The number of hydrogen-bond donors (Lipinski definition) is 1. The Bertz CT molecular complexity index is 391. The number of nitrogens with zero attached hydrogens (tertiary/aromatic N) is 1. The molecule has 2 N–H and O–H groups in total. The van der Waals surface area contributed by atoms with Crippen LogP contribution in [0.4, 0.5) is 0 Å². The van der Waals surface area contributed by atoms with E-state index in [1.165, 1.54) is 0 Å². The second-order valence-corrected chi connectivity index (χ2v) is 3.90. The van der Waals surface area contributed by atoms with E-state index in [1.807, 2.05) is 27.7 Å². The van der Waals surface area contributed by atoms with E-state index in [4.69, 9.17) is 5.73 Å². The SMILES string of the molecule is Cc1cc(=O)n(C(C)C)c(C)c1CN. The summed E-state index contributed by atoms with van der Waals surface area (Å²) in [5.74, 6) is 0. The minimum absolute atomic E-state index is 0.0622. The molecule has 0 aliphatic rings. The van der Waals surface area contributed by atoms with Gasteiger partial charge in [0.25, 0.3) is 5.56 Å². The van der Waals surface area contributed by atoms with Crippen molar-refractivity contribution >= 4 is 0 Å². The van der Waals surface area contributed by atoms with Crippen LogP contribution >= 0.6 is 0 Å².